The van der Waals surface area contributed by atoms with E-state index in [1.54, 1.807) is 0 Å². The van der Waals surface area contributed by atoms with Crippen molar-refractivity contribution in [1.29, 1.82) is 0 Å². The summed E-state index contributed by atoms with van der Waals surface area (Å²) >= 11 is 0. The molecule has 9 N–H and O–H groups in total. The van der Waals surface area contributed by atoms with Crippen molar-refractivity contribution in [2.24, 2.45) is 0 Å². The number of ether oxygens (including phenoxy) is 2. The molecule has 0 aliphatic carbocycles. The van der Waals surface area contributed by atoms with Crippen molar-refractivity contribution in [3.05, 3.63) is 11.5 Å². The average Bonchev–Trinajstić information content (AvgIpc) is 2.97. The van der Waals surface area contributed by atoms with E-state index in [0.29, 0.717) is 0 Å². The maximum atomic E-state index is 10.5. The monoisotopic (exact) mass is 356 g/mol. The third kappa shape index (κ3) is 3.93. The Labute approximate surface area is 135 Å². The van der Waals surface area contributed by atoms with E-state index in [2.05, 4.69) is 9.47 Å². The quantitative estimate of drug-likeness (QED) is 0.217. The number of aliphatic hydroxyl groups excluding tert-OH is 8. The van der Waals surface area contributed by atoms with Gasteiger partial charge in [0, 0.05) is 0 Å². The van der Waals surface area contributed by atoms with Gasteiger partial charge < -0.3 is 55.4 Å². The van der Waals surface area contributed by atoms with Crippen LogP contribution in [0.2, 0.25) is 0 Å². The van der Waals surface area contributed by atoms with Crippen molar-refractivity contribution in [2.45, 2.75) is 36.3 Å². The molecule has 2 heterocycles. The van der Waals surface area contributed by atoms with Gasteiger partial charge >= 0.3 is 5.97 Å². The number of cyclic esters (lactones) is 1. The number of carbonyl (C=O) groups is 1. The Morgan fingerprint density at radius 2 is 1.75 bits per heavy atom. The molecule has 2 aliphatic rings. The molecule has 0 aromatic heterocycles. The number of hydrogen-bond acceptors (Lipinski definition) is 12. The van der Waals surface area contributed by atoms with E-state index >= 15 is 0 Å². The van der Waals surface area contributed by atoms with Crippen LogP contribution in [-0.2, 0) is 14.3 Å². The van der Waals surface area contributed by atoms with E-state index < -0.39 is 73.6 Å². The van der Waals surface area contributed by atoms with Gasteiger partial charge in [-0.25, -0.2) is 4.79 Å². The summed E-state index contributed by atoms with van der Waals surface area (Å²) in [5.74, 6) is -4.94. The lowest BCUT2D eigenvalue weighted by Crippen LogP contribution is -2.46. The van der Waals surface area contributed by atoms with E-state index in [4.69, 9.17) is 40.9 Å². The van der Waals surface area contributed by atoms with Gasteiger partial charge in [-0.05, 0) is 0 Å². The van der Waals surface area contributed by atoms with Crippen molar-refractivity contribution >= 4 is 5.97 Å². The van der Waals surface area contributed by atoms with Crippen LogP contribution in [0.1, 0.15) is 0 Å². The Kier molecular flexibility index (Phi) is 6.88. The van der Waals surface area contributed by atoms with Gasteiger partial charge in [-0.2, -0.15) is 0 Å². The summed E-state index contributed by atoms with van der Waals surface area (Å²) in [6, 6.07) is 0. The maximum Gasteiger partial charge on any atom is 0.377 e. The number of hydrogen-bond donors (Lipinski definition) is 9. The van der Waals surface area contributed by atoms with Crippen LogP contribution < -0.4 is 0 Å². The molecule has 0 bridgehead atoms. The zero-order valence-electron chi connectivity index (χ0n) is 12.3. The predicted octanol–water partition coefficient (Wildman–Crippen LogP) is -4.63. The van der Waals surface area contributed by atoms with Gasteiger partial charge in [0.1, 0.15) is 24.4 Å². The van der Waals surface area contributed by atoms with E-state index in [0.717, 1.165) is 0 Å². The van der Waals surface area contributed by atoms with Gasteiger partial charge in [0.05, 0.1) is 19.8 Å². The van der Waals surface area contributed by atoms with Gasteiger partial charge in [0.25, 0.3) is 0 Å². The largest absolute Gasteiger partial charge is 0.505 e. The first-order valence-corrected chi connectivity index (χ1v) is 6.73. The molecule has 0 amide bonds. The summed E-state index contributed by atoms with van der Waals surface area (Å²) in [5, 5.41) is 79.7. The Hall–Kier alpha value is -1.51. The smallest absolute Gasteiger partial charge is 0.377 e. The van der Waals surface area contributed by atoms with Crippen LogP contribution in [0.25, 0.3) is 0 Å². The molecule has 12 heteroatoms. The molecule has 24 heavy (non-hydrogen) atoms. The molecule has 0 radical (unpaired) electrons. The zero-order valence-corrected chi connectivity index (χ0v) is 12.3. The fraction of sp³-hybridized carbons (Fsp3) is 0.750. The molecular formula is C12H20O12. The standard InChI is InChI=1S/C6H12O6.C6H8O6/c7-1-3-4(9)5(10)6(11,2-8)12-3;7-1-2(8)5-3(9)4(10)6(11)12-5/h3-5,7-11H,1-2H2;2,5,7-10H,1H2/t3-,4-,5+,6-;2-,5+/m10/s1. The van der Waals surface area contributed by atoms with Crippen LogP contribution in [0.3, 0.4) is 0 Å². The molecule has 1 saturated heterocycles. The molecule has 0 aromatic carbocycles. The predicted molar refractivity (Wildman–Crippen MR) is 71.3 cm³/mol. The second kappa shape index (κ2) is 8.04. The van der Waals surface area contributed by atoms with Gasteiger partial charge in [-0.3, -0.25) is 0 Å². The van der Waals surface area contributed by atoms with Crippen LogP contribution in [0.15, 0.2) is 11.5 Å². The van der Waals surface area contributed by atoms with Gasteiger partial charge in [0.15, 0.2) is 11.9 Å². The molecule has 140 valence electrons. The molecule has 2 rings (SSSR count). The summed E-state index contributed by atoms with van der Waals surface area (Å²) < 4.78 is 8.94. The second-order valence-electron chi connectivity index (χ2n) is 5.09. The molecule has 2 aliphatic heterocycles. The molecule has 0 unspecified atom stereocenters. The fourth-order valence-corrected chi connectivity index (χ4v) is 1.97. The minimum Gasteiger partial charge on any atom is -0.505 e. The van der Waals surface area contributed by atoms with Crippen LogP contribution >= 0.6 is 0 Å². The first-order valence-electron chi connectivity index (χ1n) is 6.73. The van der Waals surface area contributed by atoms with Crippen molar-refractivity contribution in [3.63, 3.8) is 0 Å². The molecule has 6 atom stereocenters. The van der Waals surface area contributed by atoms with Crippen molar-refractivity contribution in [1.82, 2.24) is 0 Å². The minimum atomic E-state index is -2.16. The van der Waals surface area contributed by atoms with Crippen LogP contribution in [0.4, 0.5) is 0 Å². The minimum absolute atomic E-state index is 0.527. The van der Waals surface area contributed by atoms with Crippen LogP contribution in [0, 0.1) is 0 Å². The summed E-state index contributed by atoms with van der Waals surface area (Å²) in [6.45, 7) is -2.03. The lowest BCUT2D eigenvalue weighted by molar-refractivity contribution is -0.248. The second-order valence-corrected chi connectivity index (χ2v) is 5.09. The molecule has 0 saturated carbocycles. The maximum absolute atomic E-state index is 10.5. The summed E-state index contributed by atoms with van der Waals surface area (Å²) in [6.07, 6.45) is -6.81. The molecule has 12 nitrogen and oxygen atoms in total. The molecule has 1 fully saturated rings. The number of aliphatic hydroxyl groups is 9. The van der Waals surface area contributed by atoms with Gasteiger partial charge in [-0.15, -0.1) is 0 Å². The third-order valence-corrected chi connectivity index (χ3v) is 3.40. The SMILES string of the molecule is O=C1O[C@H]([C@@H](O)CO)C(O)=C1O.OC[C@H]1O[C@](O)(CO)[C@@H](O)[C@@H]1O. The number of esters is 1. The first kappa shape index (κ1) is 20.5. The molecular weight excluding hydrogens is 336 g/mol. The van der Waals surface area contributed by atoms with E-state index in [1.807, 2.05) is 0 Å². The van der Waals surface area contributed by atoms with Crippen molar-refractivity contribution in [3.8, 4) is 0 Å². The summed E-state index contributed by atoms with van der Waals surface area (Å²) in [4.78, 5) is 10.5. The Balaban J connectivity index is 0.000000240. The Morgan fingerprint density at radius 1 is 1.17 bits per heavy atom. The third-order valence-electron chi connectivity index (χ3n) is 3.40. The highest BCUT2D eigenvalue weighted by atomic mass is 16.7. The Bertz CT molecular complexity index is 479. The Morgan fingerprint density at radius 3 is 2.04 bits per heavy atom. The fourth-order valence-electron chi connectivity index (χ4n) is 1.97. The van der Waals surface area contributed by atoms with Crippen molar-refractivity contribution in [2.75, 3.05) is 19.8 Å². The van der Waals surface area contributed by atoms with Crippen molar-refractivity contribution < 1.29 is 60.2 Å². The topological polar surface area (TPSA) is 218 Å². The molecule has 0 aromatic rings. The normalized spacial score (nSPS) is 37.0. The van der Waals surface area contributed by atoms with Gasteiger partial charge in [-0.1, -0.05) is 0 Å². The highest BCUT2D eigenvalue weighted by Gasteiger charge is 2.52. The lowest BCUT2D eigenvalue weighted by Gasteiger charge is -2.22. The van der Waals surface area contributed by atoms with E-state index in [-0.39, 0.29) is 0 Å². The lowest BCUT2D eigenvalue weighted by atomic mass is 10.1. The zero-order chi connectivity index (χ0) is 18.7. The number of rotatable bonds is 4. The molecule has 0 spiro atoms. The number of carbonyl (C=O) groups excluding carboxylic acids is 1. The first-order chi connectivity index (χ1) is 11.1. The van der Waals surface area contributed by atoms with E-state index in [1.165, 1.54) is 0 Å². The van der Waals surface area contributed by atoms with Crippen LogP contribution in [0.5, 0.6) is 0 Å². The van der Waals surface area contributed by atoms with Crippen LogP contribution in [-0.4, -0.2) is 108 Å². The highest BCUT2D eigenvalue weighted by molar-refractivity contribution is 5.89. The average molecular weight is 356 g/mol. The summed E-state index contributed by atoms with van der Waals surface area (Å²) in [5.41, 5.74) is 0. The summed E-state index contributed by atoms with van der Waals surface area (Å²) in [7, 11) is 0. The van der Waals surface area contributed by atoms with E-state index in [9.17, 15) is 9.90 Å². The van der Waals surface area contributed by atoms with Gasteiger partial charge in [0.2, 0.25) is 11.5 Å². The highest BCUT2D eigenvalue weighted by Crippen LogP contribution is 2.28.